The van der Waals surface area contributed by atoms with Crippen LogP contribution in [-0.4, -0.2) is 24.0 Å². The summed E-state index contributed by atoms with van der Waals surface area (Å²) in [7, 11) is 0. The van der Waals surface area contributed by atoms with Crippen LogP contribution in [0, 0.1) is 6.92 Å². The molecule has 1 fully saturated rings. The Morgan fingerprint density at radius 2 is 1.85 bits per heavy atom. The molecule has 1 N–H and O–H groups in total. The van der Waals surface area contributed by atoms with Gasteiger partial charge in [-0.05, 0) is 48.7 Å². The number of carbonyl (C=O) groups excluding carboxylic acids is 1. The van der Waals surface area contributed by atoms with E-state index in [0.717, 1.165) is 6.20 Å². The lowest BCUT2D eigenvalue weighted by molar-refractivity contribution is -0.138. The Labute approximate surface area is 193 Å². The van der Waals surface area contributed by atoms with Crippen molar-refractivity contribution in [1.29, 1.82) is 0 Å². The van der Waals surface area contributed by atoms with Crippen molar-refractivity contribution in [3.63, 3.8) is 0 Å². The molecule has 0 radical (unpaired) electrons. The van der Waals surface area contributed by atoms with E-state index in [4.69, 9.17) is 0 Å². The normalized spacial score (nSPS) is 16.2. The van der Waals surface area contributed by atoms with Crippen molar-refractivity contribution in [1.82, 2.24) is 4.98 Å². The Balaban J connectivity index is 1.70. The molecule has 0 saturated carbocycles. The first-order valence-electron chi connectivity index (χ1n) is 10.7. The molecule has 2 aromatic carbocycles. The van der Waals surface area contributed by atoms with E-state index in [1.54, 1.807) is 35.2 Å². The van der Waals surface area contributed by atoms with Gasteiger partial charge in [-0.15, -0.1) is 0 Å². The number of alkyl halides is 5. The second-order valence-corrected chi connectivity index (χ2v) is 8.25. The van der Waals surface area contributed by atoms with Crippen molar-refractivity contribution in [2.24, 2.45) is 0 Å². The minimum atomic E-state index is -4.63. The minimum absolute atomic E-state index is 0.0113. The summed E-state index contributed by atoms with van der Waals surface area (Å²) in [6.45, 7) is 1.93. The standard InChI is InChI=1S/C25H22F5N3O/c1-15-7-8-20(32-24(34)16-5-3-2-4-6-16)21(22(15)25(28,29)30)17-9-10-33(14-17)19-11-18(23(26)27)12-31-13-19/h2-8,11-13,17,23H,9-10,14H2,1H3,(H,32,34)/t17-/m1/s1. The van der Waals surface area contributed by atoms with Crippen LogP contribution in [0.2, 0.25) is 0 Å². The van der Waals surface area contributed by atoms with Gasteiger partial charge in [0, 0.05) is 42.0 Å². The molecule has 1 aliphatic rings. The molecular formula is C25H22F5N3O. The highest BCUT2D eigenvalue weighted by molar-refractivity contribution is 6.04. The summed E-state index contributed by atoms with van der Waals surface area (Å²) < 4.78 is 68.6. The number of nitrogens with one attached hydrogen (secondary N) is 1. The quantitative estimate of drug-likeness (QED) is 0.424. The molecule has 0 spiro atoms. The van der Waals surface area contributed by atoms with Gasteiger partial charge < -0.3 is 10.2 Å². The summed E-state index contributed by atoms with van der Waals surface area (Å²) in [5, 5.41) is 2.65. The maximum atomic E-state index is 14.1. The SMILES string of the molecule is Cc1ccc(NC(=O)c2ccccc2)c([C@@H]2CCN(c3cncc(C(F)F)c3)C2)c1C(F)(F)F. The van der Waals surface area contributed by atoms with Crippen LogP contribution in [0.15, 0.2) is 60.9 Å². The first-order valence-corrected chi connectivity index (χ1v) is 10.7. The fourth-order valence-corrected chi connectivity index (χ4v) is 4.39. The topological polar surface area (TPSA) is 45.2 Å². The molecule has 3 aromatic rings. The number of amides is 1. The third kappa shape index (κ3) is 4.88. The number of halogens is 5. The molecule has 1 saturated heterocycles. The van der Waals surface area contributed by atoms with Crippen LogP contribution in [0.25, 0.3) is 0 Å². The molecule has 34 heavy (non-hydrogen) atoms. The summed E-state index contributed by atoms with van der Waals surface area (Å²) >= 11 is 0. The van der Waals surface area contributed by atoms with Gasteiger partial charge in [0.15, 0.2) is 0 Å². The summed E-state index contributed by atoms with van der Waals surface area (Å²) in [5.41, 5.74) is -0.106. The second-order valence-electron chi connectivity index (χ2n) is 8.25. The Morgan fingerprint density at radius 1 is 1.12 bits per heavy atom. The molecule has 4 nitrogen and oxygen atoms in total. The maximum Gasteiger partial charge on any atom is 0.417 e. The van der Waals surface area contributed by atoms with E-state index in [1.165, 1.54) is 31.3 Å². The number of pyridine rings is 1. The summed E-state index contributed by atoms with van der Waals surface area (Å²) in [6.07, 6.45) is -4.47. The number of nitrogens with zero attached hydrogens (tertiary/aromatic N) is 2. The first kappa shape index (κ1) is 23.7. The highest BCUT2D eigenvalue weighted by atomic mass is 19.4. The first-order chi connectivity index (χ1) is 16.1. The highest BCUT2D eigenvalue weighted by Gasteiger charge is 2.40. The molecule has 0 bridgehead atoms. The van der Waals surface area contributed by atoms with Crippen molar-refractivity contribution < 1.29 is 26.7 Å². The van der Waals surface area contributed by atoms with Crippen molar-refractivity contribution in [3.8, 4) is 0 Å². The van der Waals surface area contributed by atoms with E-state index in [9.17, 15) is 26.7 Å². The van der Waals surface area contributed by atoms with E-state index in [0.29, 0.717) is 24.2 Å². The molecule has 0 unspecified atom stereocenters. The molecule has 2 heterocycles. The van der Waals surface area contributed by atoms with Crippen LogP contribution in [0.4, 0.5) is 33.3 Å². The number of aromatic nitrogens is 1. The average Bonchev–Trinajstić information content (AvgIpc) is 3.30. The van der Waals surface area contributed by atoms with Gasteiger partial charge in [-0.1, -0.05) is 24.3 Å². The Morgan fingerprint density at radius 3 is 2.53 bits per heavy atom. The van der Waals surface area contributed by atoms with Crippen molar-refractivity contribution >= 4 is 17.3 Å². The van der Waals surface area contributed by atoms with Crippen LogP contribution in [0.3, 0.4) is 0 Å². The van der Waals surface area contributed by atoms with Crippen LogP contribution in [-0.2, 0) is 6.18 Å². The zero-order valence-electron chi connectivity index (χ0n) is 18.2. The van der Waals surface area contributed by atoms with Crippen molar-refractivity contribution in [2.75, 3.05) is 23.3 Å². The molecule has 1 atom stereocenters. The van der Waals surface area contributed by atoms with E-state index >= 15 is 0 Å². The predicted octanol–water partition coefficient (Wildman–Crippen LogP) is 6.59. The van der Waals surface area contributed by atoms with Gasteiger partial charge in [0.1, 0.15) is 0 Å². The van der Waals surface area contributed by atoms with E-state index in [2.05, 4.69) is 10.3 Å². The molecule has 178 valence electrons. The fraction of sp³-hybridized carbons (Fsp3) is 0.280. The third-order valence-electron chi connectivity index (χ3n) is 5.98. The van der Waals surface area contributed by atoms with Crippen LogP contribution in [0.1, 0.15) is 51.4 Å². The number of aryl methyl sites for hydroxylation is 1. The summed E-state index contributed by atoms with van der Waals surface area (Å²) in [5.74, 6) is -1.08. The van der Waals surface area contributed by atoms with Gasteiger partial charge in [0.25, 0.3) is 12.3 Å². The van der Waals surface area contributed by atoms with E-state index in [1.807, 2.05) is 0 Å². The van der Waals surface area contributed by atoms with Crippen LogP contribution in [0.5, 0.6) is 0 Å². The van der Waals surface area contributed by atoms with E-state index < -0.39 is 30.0 Å². The molecule has 1 aliphatic heterocycles. The second kappa shape index (κ2) is 9.40. The molecule has 1 aromatic heterocycles. The Hall–Kier alpha value is -3.49. The third-order valence-corrected chi connectivity index (χ3v) is 5.98. The zero-order valence-corrected chi connectivity index (χ0v) is 18.2. The summed E-state index contributed by atoms with van der Waals surface area (Å²) in [4.78, 5) is 18.3. The smallest absolute Gasteiger partial charge is 0.370 e. The number of hydrogen-bond acceptors (Lipinski definition) is 3. The van der Waals surface area contributed by atoms with Gasteiger partial charge in [0.2, 0.25) is 0 Å². The predicted molar refractivity (Wildman–Crippen MR) is 119 cm³/mol. The van der Waals surface area contributed by atoms with Gasteiger partial charge in [-0.2, -0.15) is 13.2 Å². The Kier molecular flexibility index (Phi) is 6.54. The Bertz CT molecular complexity index is 1180. The summed E-state index contributed by atoms with van der Waals surface area (Å²) in [6, 6.07) is 12.4. The van der Waals surface area contributed by atoms with Crippen LogP contribution < -0.4 is 10.2 Å². The van der Waals surface area contributed by atoms with Gasteiger partial charge >= 0.3 is 6.18 Å². The number of rotatable bonds is 5. The number of benzene rings is 2. The maximum absolute atomic E-state index is 14.1. The van der Waals surface area contributed by atoms with Crippen molar-refractivity contribution in [2.45, 2.75) is 31.9 Å². The number of anilines is 2. The van der Waals surface area contributed by atoms with Crippen molar-refractivity contribution in [3.05, 3.63) is 88.7 Å². The monoisotopic (exact) mass is 475 g/mol. The molecule has 0 aliphatic carbocycles. The van der Waals surface area contributed by atoms with Gasteiger partial charge in [-0.25, -0.2) is 8.78 Å². The van der Waals surface area contributed by atoms with Gasteiger partial charge in [0.05, 0.1) is 17.4 Å². The number of hydrogen-bond donors (Lipinski definition) is 1. The lowest BCUT2D eigenvalue weighted by Gasteiger charge is -2.25. The molecular weight excluding hydrogens is 453 g/mol. The highest BCUT2D eigenvalue weighted by Crippen LogP contribution is 2.44. The lowest BCUT2D eigenvalue weighted by Crippen LogP contribution is -2.23. The minimum Gasteiger partial charge on any atom is -0.370 e. The molecule has 1 amide bonds. The van der Waals surface area contributed by atoms with E-state index in [-0.39, 0.29) is 28.9 Å². The lowest BCUT2D eigenvalue weighted by atomic mass is 9.88. The average molecular weight is 475 g/mol. The fourth-order valence-electron chi connectivity index (χ4n) is 4.39. The van der Waals surface area contributed by atoms with Crippen LogP contribution >= 0.6 is 0 Å². The zero-order chi connectivity index (χ0) is 24.5. The molecule has 9 heteroatoms. The number of carbonyl (C=O) groups is 1. The van der Waals surface area contributed by atoms with Gasteiger partial charge in [-0.3, -0.25) is 9.78 Å². The largest absolute Gasteiger partial charge is 0.417 e. The molecule has 4 rings (SSSR count).